The number of hydrogen-bond acceptors (Lipinski definition) is 5. The number of hydrogen-bond donors (Lipinski definition) is 0. The lowest BCUT2D eigenvalue weighted by molar-refractivity contribution is 0.895. The van der Waals surface area contributed by atoms with E-state index in [1.54, 1.807) is 11.0 Å². The molecule has 0 bridgehead atoms. The maximum absolute atomic E-state index is 4.68. The predicted octanol–water partition coefficient (Wildman–Crippen LogP) is 4.14. The summed E-state index contributed by atoms with van der Waals surface area (Å²) in [6.45, 7) is 0. The second kappa shape index (κ2) is 6.55. The van der Waals surface area contributed by atoms with Gasteiger partial charge in [-0.25, -0.2) is 19.6 Å². The predicted molar refractivity (Wildman–Crippen MR) is 96.2 cm³/mol. The molecule has 0 aliphatic heterocycles. The smallest absolute Gasteiger partial charge is 0.211 e. The summed E-state index contributed by atoms with van der Waals surface area (Å²) in [5.74, 6) is 0. The van der Waals surface area contributed by atoms with Crippen LogP contribution in [-0.2, 0) is 0 Å². The van der Waals surface area contributed by atoms with Gasteiger partial charge >= 0.3 is 0 Å². The lowest BCUT2D eigenvalue weighted by Gasteiger charge is -2.00. The average Bonchev–Trinajstić information content (AvgIpc) is 3.31. The minimum Gasteiger partial charge on any atom is -0.227 e. The van der Waals surface area contributed by atoms with Crippen LogP contribution in [0.4, 0.5) is 5.13 Å². The van der Waals surface area contributed by atoms with Gasteiger partial charge in [-0.15, -0.1) is 0 Å². The van der Waals surface area contributed by atoms with E-state index < -0.39 is 0 Å². The van der Waals surface area contributed by atoms with Gasteiger partial charge in [-0.2, -0.15) is 5.10 Å². The van der Waals surface area contributed by atoms with Crippen LogP contribution in [0, 0.1) is 0 Å². The van der Waals surface area contributed by atoms with Crippen LogP contribution in [0.1, 0.15) is 5.56 Å². The van der Waals surface area contributed by atoms with Crippen molar-refractivity contribution in [1.29, 1.82) is 0 Å². The molecule has 0 atom stereocenters. The Morgan fingerprint density at radius 2 is 1.71 bits per heavy atom. The van der Waals surface area contributed by atoms with Crippen molar-refractivity contribution in [3.8, 4) is 16.3 Å². The third kappa shape index (κ3) is 3.00. The lowest BCUT2D eigenvalue weighted by atomic mass is 10.2. The van der Waals surface area contributed by atoms with Crippen molar-refractivity contribution in [2.75, 3.05) is 0 Å². The molecule has 2 heterocycles. The van der Waals surface area contributed by atoms with E-state index in [9.17, 15) is 0 Å². The Hall–Kier alpha value is -3.12. The Bertz CT molecular complexity index is 944. The SMILES string of the molecule is C(=Nc1nc(-c2ccccc2)c(-n2cncn2)s1)c1ccccc1. The Labute approximate surface area is 143 Å². The zero-order valence-corrected chi connectivity index (χ0v) is 13.5. The molecule has 0 aliphatic carbocycles. The molecule has 0 N–H and O–H groups in total. The molecule has 0 saturated carbocycles. The Morgan fingerprint density at radius 1 is 0.958 bits per heavy atom. The Kier molecular flexibility index (Phi) is 3.95. The molecule has 0 aliphatic rings. The molecule has 0 radical (unpaired) electrons. The summed E-state index contributed by atoms with van der Waals surface area (Å²) >= 11 is 1.48. The van der Waals surface area contributed by atoms with Crippen molar-refractivity contribution >= 4 is 22.7 Å². The van der Waals surface area contributed by atoms with E-state index in [2.05, 4.69) is 20.1 Å². The van der Waals surface area contributed by atoms with Crippen molar-refractivity contribution in [3.63, 3.8) is 0 Å². The second-order valence-electron chi connectivity index (χ2n) is 5.03. The van der Waals surface area contributed by atoms with Gasteiger partial charge in [-0.3, -0.25) is 0 Å². The van der Waals surface area contributed by atoms with Crippen LogP contribution in [0.2, 0.25) is 0 Å². The molecule has 24 heavy (non-hydrogen) atoms. The van der Waals surface area contributed by atoms with Crippen molar-refractivity contribution in [1.82, 2.24) is 19.7 Å². The molecular formula is C18H13N5S. The molecule has 0 amide bonds. The first kappa shape index (κ1) is 14.5. The fraction of sp³-hybridized carbons (Fsp3) is 0. The first-order chi connectivity index (χ1) is 11.9. The first-order valence-electron chi connectivity index (χ1n) is 7.40. The molecule has 0 fully saturated rings. The molecule has 2 aromatic heterocycles. The summed E-state index contributed by atoms with van der Waals surface area (Å²) in [6.07, 6.45) is 5.00. The second-order valence-corrected chi connectivity index (χ2v) is 5.98. The summed E-state index contributed by atoms with van der Waals surface area (Å²) in [4.78, 5) is 13.2. The standard InChI is InChI=1S/C18H13N5S/c1-3-7-14(8-4-1)11-20-18-22-16(15-9-5-2-6-10-15)17(24-18)23-13-19-12-21-23/h1-13H. The van der Waals surface area contributed by atoms with Gasteiger partial charge in [-0.1, -0.05) is 72.0 Å². The summed E-state index contributed by atoms with van der Waals surface area (Å²) < 4.78 is 1.72. The number of nitrogens with zero attached hydrogens (tertiary/aromatic N) is 5. The number of aliphatic imine (C=N–C) groups is 1. The number of aromatic nitrogens is 4. The maximum atomic E-state index is 4.68. The highest BCUT2D eigenvalue weighted by Gasteiger charge is 2.14. The molecule has 5 nitrogen and oxygen atoms in total. The molecule has 0 unspecified atom stereocenters. The van der Waals surface area contributed by atoms with E-state index >= 15 is 0 Å². The van der Waals surface area contributed by atoms with Gasteiger partial charge in [0.05, 0.1) is 0 Å². The highest BCUT2D eigenvalue weighted by atomic mass is 32.1. The van der Waals surface area contributed by atoms with Gasteiger partial charge < -0.3 is 0 Å². The van der Waals surface area contributed by atoms with Gasteiger partial charge in [0.15, 0.2) is 0 Å². The van der Waals surface area contributed by atoms with E-state index in [-0.39, 0.29) is 0 Å². The summed E-state index contributed by atoms with van der Waals surface area (Å²) in [5, 5.41) is 5.81. The highest BCUT2D eigenvalue weighted by molar-refractivity contribution is 7.18. The van der Waals surface area contributed by atoms with Crippen LogP contribution in [0.5, 0.6) is 0 Å². The fourth-order valence-corrected chi connectivity index (χ4v) is 3.14. The quantitative estimate of drug-likeness (QED) is 0.528. The van der Waals surface area contributed by atoms with Crippen LogP contribution in [-0.4, -0.2) is 26.0 Å². The van der Waals surface area contributed by atoms with Gasteiger partial charge in [-0.05, 0) is 5.56 Å². The molecule has 4 aromatic rings. The monoisotopic (exact) mass is 331 g/mol. The number of benzene rings is 2. The maximum Gasteiger partial charge on any atom is 0.211 e. The third-order valence-corrected chi connectivity index (χ3v) is 4.35. The summed E-state index contributed by atoms with van der Waals surface area (Å²) in [5.41, 5.74) is 2.92. The highest BCUT2D eigenvalue weighted by Crippen LogP contribution is 2.34. The average molecular weight is 331 g/mol. The fourth-order valence-electron chi connectivity index (χ4n) is 2.28. The minimum absolute atomic E-state index is 0.684. The Balaban J connectivity index is 1.76. The van der Waals surface area contributed by atoms with Gasteiger partial charge in [0, 0.05) is 11.8 Å². The first-order valence-corrected chi connectivity index (χ1v) is 8.22. The van der Waals surface area contributed by atoms with Crippen molar-refractivity contribution < 1.29 is 0 Å². The van der Waals surface area contributed by atoms with Gasteiger partial charge in [0.1, 0.15) is 23.3 Å². The number of rotatable bonds is 4. The minimum atomic E-state index is 0.684. The normalized spacial score (nSPS) is 11.2. The molecule has 2 aromatic carbocycles. The van der Waals surface area contributed by atoms with E-state index in [1.807, 2.05) is 66.9 Å². The van der Waals surface area contributed by atoms with Crippen molar-refractivity contribution in [2.24, 2.45) is 4.99 Å². The molecular weight excluding hydrogens is 318 g/mol. The largest absolute Gasteiger partial charge is 0.227 e. The molecule has 6 heteroatoms. The van der Waals surface area contributed by atoms with Crippen molar-refractivity contribution in [2.45, 2.75) is 0 Å². The molecule has 116 valence electrons. The zero-order chi connectivity index (χ0) is 16.2. The van der Waals surface area contributed by atoms with Crippen LogP contribution in [0.3, 0.4) is 0 Å². The van der Waals surface area contributed by atoms with Crippen LogP contribution >= 0.6 is 11.3 Å². The zero-order valence-electron chi connectivity index (χ0n) is 12.6. The molecule has 0 spiro atoms. The number of thiazole rings is 1. The topological polar surface area (TPSA) is 56.0 Å². The lowest BCUT2D eigenvalue weighted by Crippen LogP contribution is -1.93. The van der Waals surface area contributed by atoms with E-state index in [4.69, 9.17) is 0 Å². The van der Waals surface area contributed by atoms with Crippen LogP contribution in [0.25, 0.3) is 16.3 Å². The van der Waals surface area contributed by atoms with E-state index in [0.29, 0.717) is 5.13 Å². The summed E-state index contributed by atoms with van der Waals surface area (Å²) in [6, 6.07) is 20.0. The van der Waals surface area contributed by atoms with Crippen molar-refractivity contribution in [3.05, 3.63) is 78.9 Å². The van der Waals surface area contributed by atoms with Crippen LogP contribution in [0.15, 0.2) is 78.3 Å². The van der Waals surface area contributed by atoms with Gasteiger partial charge in [0.25, 0.3) is 0 Å². The summed E-state index contributed by atoms with van der Waals surface area (Å²) in [7, 11) is 0. The van der Waals surface area contributed by atoms with E-state index in [1.165, 1.54) is 17.7 Å². The van der Waals surface area contributed by atoms with Gasteiger partial charge in [0.2, 0.25) is 5.13 Å². The molecule has 0 saturated heterocycles. The van der Waals surface area contributed by atoms with Crippen LogP contribution < -0.4 is 0 Å². The van der Waals surface area contributed by atoms with E-state index in [0.717, 1.165) is 21.8 Å². The third-order valence-electron chi connectivity index (χ3n) is 3.40. The Morgan fingerprint density at radius 3 is 2.42 bits per heavy atom. The molecule has 4 rings (SSSR count).